The van der Waals surface area contributed by atoms with Crippen molar-refractivity contribution in [3.05, 3.63) is 180 Å². The number of anilines is 6. The van der Waals surface area contributed by atoms with Crippen LogP contribution in [0.1, 0.15) is 22.3 Å². The molecule has 0 unspecified atom stereocenters. The summed E-state index contributed by atoms with van der Waals surface area (Å²) in [7, 11) is 0. The van der Waals surface area contributed by atoms with Gasteiger partial charge in [0, 0.05) is 67.8 Å². The van der Waals surface area contributed by atoms with E-state index in [1.807, 2.05) is 60.7 Å². The number of fused-ring (bicyclic) bond motifs is 7. The lowest BCUT2D eigenvalue weighted by molar-refractivity contribution is -0.138. The molecule has 0 saturated heterocycles. The Morgan fingerprint density at radius 3 is 1.00 bits per heavy atom. The van der Waals surface area contributed by atoms with Crippen molar-refractivity contribution in [2.24, 2.45) is 0 Å². The number of nitriles is 2. The molecule has 0 N–H and O–H groups in total. The number of benzene rings is 8. The summed E-state index contributed by atoms with van der Waals surface area (Å²) < 4.78 is 93.7. The van der Waals surface area contributed by atoms with Gasteiger partial charge in [0.1, 0.15) is 22.3 Å². The number of hydrogen-bond donors (Lipinski definition) is 0. The lowest BCUT2D eigenvalue weighted by Gasteiger charge is -2.25. The van der Waals surface area contributed by atoms with Crippen LogP contribution in [0, 0.1) is 22.7 Å². The maximum Gasteiger partial charge on any atom is 0.416 e. The molecule has 10 aromatic rings. The predicted octanol–water partition coefficient (Wildman–Crippen LogP) is 15.4. The Bertz CT molecular complexity index is 3220. The van der Waals surface area contributed by atoms with Crippen molar-refractivity contribution in [2.45, 2.75) is 12.4 Å². The van der Waals surface area contributed by atoms with Crippen LogP contribution in [-0.4, -0.2) is 0 Å². The van der Waals surface area contributed by atoms with Gasteiger partial charge in [-0.25, -0.2) is 0 Å². The Morgan fingerprint density at radius 1 is 0.355 bits per heavy atom. The molecular formula is C50H26F6N4O2. The van der Waals surface area contributed by atoms with Gasteiger partial charge in [-0.2, -0.15) is 36.9 Å². The molecule has 12 heteroatoms. The molecule has 0 aliphatic heterocycles. The quantitative estimate of drug-likeness (QED) is 0.155. The van der Waals surface area contributed by atoms with E-state index < -0.39 is 23.5 Å². The third kappa shape index (κ3) is 6.64. The molecule has 0 amide bonds. The average Bonchev–Trinajstić information content (AvgIpc) is 3.81. The minimum absolute atomic E-state index is 0.438. The third-order valence-electron chi connectivity index (χ3n) is 10.9. The van der Waals surface area contributed by atoms with Gasteiger partial charge in [-0.15, -0.1) is 0 Å². The molecule has 0 saturated carbocycles. The van der Waals surface area contributed by atoms with Crippen molar-refractivity contribution in [2.75, 3.05) is 9.80 Å². The van der Waals surface area contributed by atoms with E-state index in [2.05, 4.69) is 12.1 Å². The van der Waals surface area contributed by atoms with Gasteiger partial charge in [0.15, 0.2) is 0 Å². The SMILES string of the molecule is N#Cc1ccc(N(c2ccc(C(F)(F)F)cc2)c2ccc3c(c2)oc2cc4cc5oc6cc(N(c7ccc(C#N)cc7)c7ccc(C(F)(F)F)cc7)ccc6c5cc4cc23)cc1. The van der Waals surface area contributed by atoms with E-state index in [9.17, 15) is 36.9 Å². The topological polar surface area (TPSA) is 80.3 Å². The lowest BCUT2D eigenvalue weighted by atomic mass is 10.0. The first-order valence-electron chi connectivity index (χ1n) is 19.1. The fraction of sp³-hybridized carbons (Fsp3) is 0.0400. The molecule has 0 bridgehead atoms. The van der Waals surface area contributed by atoms with Crippen LogP contribution in [0.5, 0.6) is 0 Å². The second kappa shape index (κ2) is 14.2. The second-order valence-corrected chi connectivity index (χ2v) is 14.7. The van der Waals surface area contributed by atoms with E-state index in [1.165, 1.54) is 24.3 Å². The van der Waals surface area contributed by atoms with E-state index in [-0.39, 0.29) is 0 Å². The standard InChI is InChI=1S/C50H26F6N4O2/c51-49(52,53)33-5-13-37(14-6-33)59(35-9-1-29(27-57)2-10-35)39-17-19-41-43-21-31-22-44-42-20-18-40(26-48(42)62-46(44)24-32(31)23-45(43)61-47(41)25-39)60(36-11-3-30(28-58)4-12-36)38-15-7-34(8-16-38)50(54,55)56/h1-26H. The van der Waals surface area contributed by atoms with Crippen LogP contribution in [0.3, 0.4) is 0 Å². The van der Waals surface area contributed by atoms with Gasteiger partial charge in [0.05, 0.1) is 34.4 Å². The van der Waals surface area contributed by atoms with Crippen LogP contribution in [-0.2, 0) is 12.4 Å². The van der Waals surface area contributed by atoms with E-state index >= 15 is 0 Å². The summed E-state index contributed by atoms with van der Waals surface area (Å²) in [5.41, 5.74) is 5.15. The Kier molecular flexibility index (Phi) is 8.71. The van der Waals surface area contributed by atoms with Gasteiger partial charge in [0.2, 0.25) is 0 Å². The fourth-order valence-electron chi connectivity index (χ4n) is 7.91. The molecular weight excluding hydrogens is 803 g/mol. The normalized spacial score (nSPS) is 12.0. The van der Waals surface area contributed by atoms with Gasteiger partial charge in [-0.3, -0.25) is 0 Å². The van der Waals surface area contributed by atoms with Crippen molar-refractivity contribution >= 4 is 88.8 Å². The Balaban J connectivity index is 1.04. The molecule has 8 aromatic carbocycles. The van der Waals surface area contributed by atoms with Crippen LogP contribution >= 0.6 is 0 Å². The van der Waals surface area contributed by atoms with Crippen molar-refractivity contribution in [3.8, 4) is 12.1 Å². The lowest BCUT2D eigenvalue weighted by Crippen LogP contribution is -2.11. The van der Waals surface area contributed by atoms with Crippen LogP contribution < -0.4 is 9.80 Å². The molecule has 0 fully saturated rings. The molecule has 0 radical (unpaired) electrons. The zero-order valence-electron chi connectivity index (χ0n) is 31.9. The molecule has 0 spiro atoms. The number of alkyl halides is 6. The highest BCUT2D eigenvalue weighted by atomic mass is 19.4. The molecule has 10 rings (SSSR count). The molecule has 0 aliphatic carbocycles. The molecule has 300 valence electrons. The maximum absolute atomic E-state index is 13.5. The Labute approximate surface area is 347 Å². The van der Waals surface area contributed by atoms with E-state index in [0.29, 0.717) is 67.6 Å². The molecule has 62 heavy (non-hydrogen) atoms. The predicted molar refractivity (Wildman–Crippen MR) is 227 cm³/mol. The third-order valence-corrected chi connectivity index (χ3v) is 10.9. The summed E-state index contributed by atoms with van der Waals surface area (Å²) >= 11 is 0. The zero-order chi connectivity index (χ0) is 42.9. The minimum atomic E-state index is -4.50. The van der Waals surface area contributed by atoms with Gasteiger partial charge < -0.3 is 18.6 Å². The van der Waals surface area contributed by atoms with Crippen molar-refractivity contribution < 1.29 is 35.2 Å². The van der Waals surface area contributed by atoms with E-state index in [0.717, 1.165) is 56.6 Å². The first-order valence-corrected chi connectivity index (χ1v) is 19.1. The Hall–Kier alpha value is -8.22. The number of furan rings is 2. The fourth-order valence-corrected chi connectivity index (χ4v) is 7.91. The Morgan fingerprint density at radius 2 is 0.661 bits per heavy atom. The highest BCUT2D eigenvalue weighted by Crippen LogP contribution is 2.43. The molecule has 0 atom stereocenters. The second-order valence-electron chi connectivity index (χ2n) is 14.7. The van der Waals surface area contributed by atoms with Gasteiger partial charge in [0.25, 0.3) is 0 Å². The molecule has 2 aromatic heterocycles. The van der Waals surface area contributed by atoms with Crippen molar-refractivity contribution in [1.82, 2.24) is 0 Å². The van der Waals surface area contributed by atoms with Gasteiger partial charge in [-0.05, 0) is 156 Å². The van der Waals surface area contributed by atoms with E-state index in [1.54, 1.807) is 58.3 Å². The van der Waals surface area contributed by atoms with Crippen molar-refractivity contribution in [1.29, 1.82) is 10.5 Å². The average molecular weight is 829 g/mol. The summed E-state index contributed by atoms with van der Waals surface area (Å²) in [6.45, 7) is 0. The van der Waals surface area contributed by atoms with Crippen LogP contribution in [0.25, 0.3) is 54.6 Å². The molecule has 0 aliphatic rings. The van der Waals surface area contributed by atoms with Crippen LogP contribution in [0.15, 0.2) is 167 Å². The number of nitrogens with zero attached hydrogens (tertiary/aromatic N) is 4. The van der Waals surface area contributed by atoms with Crippen LogP contribution in [0.4, 0.5) is 60.5 Å². The van der Waals surface area contributed by atoms with Gasteiger partial charge >= 0.3 is 12.4 Å². The largest absolute Gasteiger partial charge is 0.456 e. The smallest absolute Gasteiger partial charge is 0.416 e. The van der Waals surface area contributed by atoms with E-state index in [4.69, 9.17) is 8.83 Å². The summed E-state index contributed by atoms with van der Waals surface area (Å²) in [4.78, 5) is 3.59. The molecule has 2 heterocycles. The highest BCUT2D eigenvalue weighted by molar-refractivity contribution is 6.15. The van der Waals surface area contributed by atoms with Gasteiger partial charge in [-0.1, -0.05) is 0 Å². The summed E-state index contributed by atoms with van der Waals surface area (Å²) in [5, 5.41) is 23.8. The minimum Gasteiger partial charge on any atom is -0.456 e. The number of hydrogen-bond acceptors (Lipinski definition) is 6. The summed E-state index contributed by atoms with van der Waals surface area (Å²) in [5.74, 6) is 0. The molecule has 6 nitrogen and oxygen atoms in total. The van der Waals surface area contributed by atoms with Crippen molar-refractivity contribution in [3.63, 3.8) is 0 Å². The first kappa shape index (κ1) is 38.0. The number of rotatable bonds is 6. The maximum atomic E-state index is 13.5. The highest BCUT2D eigenvalue weighted by Gasteiger charge is 2.31. The van der Waals surface area contributed by atoms with Crippen LogP contribution in [0.2, 0.25) is 0 Å². The summed E-state index contributed by atoms with van der Waals surface area (Å²) in [6.07, 6.45) is -8.99. The summed E-state index contributed by atoms with van der Waals surface area (Å²) in [6, 6.07) is 46.6. The first-order chi connectivity index (χ1) is 29.8. The zero-order valence-corrected chi connectivity index (χ0v) is 31.9. The number of halogens is 6. The monoisotopic (exact) mass is 828 g/mol.